The van der Waals surface area contributed by atoms with Crippen LogP contribution in [-0.4, -0.2) is 40.5 Å². The second-order valence-electron chi connectivity index (χ2n) is 6.93. The summed E-state index contributed by atoms with van der Waals surface area (Å²) in [6.45, 7) is 3.77. The van der Waals surface area contributed by atoms with Crippen molar-refractivity contribution in [1.82, 2.24) is 14.9 Å². The number of likely N-dealkylation sites (tertiary alicyclic amines) is 1. The lowest BCUT2D eigenvalue weighted by molar-refractivity contribution is -0.128. The van der Waals surface area contributed by atoms with E-state index in [1.807, 2.05) is 23.1 Å². The van der Waals surface area contributed by atoms with Crippen LogP contribution >= 0.6 is 0 Å². The van der Waals surface area contributed by atoms with Crippen LogP contribution in [0.3, 0.4) is 0 Å². The monoisotopic (exact) mass is 352 g/mol. The smallest absolute Gasteiger partial charge is 0.222 e. The van der Waals surface area contributed by atoms with Gasteiger partial charge in [0.25, 0.3) is 0 Å². The van der Waals surface area contributed by atoms with Gasteiger partial charge in [-0.1, -0.05) is 24.3 Å². The molecule has 1 N–H and O–H groups in total. The highest BCUT2D eigenvalue weighted by atomic mass is 16.5. The molecule has 26 heavy (non-hydrogen) atoms. The molecule has 2 saturated heterocycles. The summed E-state index contributed by atoms with van der Waals surface area (Å²) in [5, 5.41) is 3.41. The van der Waals surface area contributed by atoms with E-state index in [0.29, 0.717) is 25.4 Å². The molecule has 2 aliphatic rings. The molecule has 6 nitrogen and oxygen atoms in total. The van der Waals surface area contributed by atoms with E-state index in [1.165, 1.54) is 11.1 Å². The van der Waals surface area contributed by atoms with Crippen LogP contribution in [-0.2, 0) is 22.6 Å². The Hall–Kier alpha value is -2.47. The lowest BCUT2D eigenvalue weighted by Gasteiger charge is -2.18. The number of aromatic nitrogens is 2. The Bertz CT molecular complexity index is 774. The largest absolute Gasteiger partial charge is 0.381 e. The number of carbonyl (C=O) groups is 1. The fraction of sp³-hybridized carbons (Fsp3) is 0.450. The number of amides is 1. The maximum Gasteiger partial charge on any atom is 0.222 e. The Morgan fingerprint density at radius 1 is 1.23 bits per heavy atom. The van der Waals surface area contributed by atoms with Crippen LogP contribution in [0.2, 0.25) is 0 Å². The van der Waals surface area contributed by atoms with E-state index < -0.39 is 0 Å². The van der Waals surface area contributed by atoms with E-state index in [1.54, 1.807) is 6.33 Å². The summed E-state index contributed by atoms with van der Waals surface area (Å²) in [6.07, 6.45) is 4.27. The number of benzene rings is 1. The first-order valence-corrected chi connectivity index (χ1v) is 9.28. The van der Waals surface area contributed by atoms with Crippen molar-refractivity contribution in [3.63, 3.8) is 0 Å². The Labute approximate surface area is 153 Å². The van der Waals surface area contributed by atoms with E-state index in [2.05, 4.69) is 27.4 Å². The molecule has 2 aromatic rings. The van der Waals surface area contributed by atoms with Crippen LogP contribution < -0.4 is 5.32 Å². The van der Waals surface area contributed by atoms with Gasteiger partial charge in [0.1, 0.15) is 12.1 Å². The summed E-state index contributed by atoms with van der Waals surface area (Å²) >= 11 is 0. The number of nitrogens with one attached hydrogen (secondary N) is 1. The molecule has 0 radical (unpaired) electrons. The third-order valence-corrected chi connectivity index (χ3v) is 5.15. The summed E-state index contributed by atoms with van der Waals surface area (Å²) in [5.41, 5.74) is 3.42. The zero-order valence-corrected chi connectivity index (χ0v) is 14.9. The highest BCUT2D eigenvalue weighted by Crippen LogP contribution is 2.24. The summed E-state index contributed by atoms with van der Waals surface area (Å²) in [7, 11) is 0. The van der Waals surface area contributed by atoms with Crippen LogP contribution in [0.1, 0.15) is 42.0 Å². The van der Waals surface area contributed by atoms with Crippen molar-refractivity contribution in [2.24, 2.45) is 0 Å². The van der Waals surface area contributed by atoms with Crippen molar-refractivity contribution in [3.05, 3.63) is 53.5 Å². The average molecular weight is 352 g/mol. The summed E-state index contributed by atoms with van der Waals surface area (Å²) < 4.78 is 5.46. The lowest BCUT2D eigenvalue weighted by Crippen LogP contribution is -2.24. The molecule has 0 bridgehead atoms. The predicted octanol–water partition coefficient (Wildman–Crippen LogP) is 2.72. The first kappa shape index (κ1) is 17.0. The van der Waals surface area contributed by atoms with Gasteiger partial charge in [0.2, 0.25) is 5.91 Å². The van der Waals surface area contributed by atoms with Gasteiger partial charge in [0, 0.05) is 44.6 Å². The molecule has 0 spiro atoms. The molecule has 3 heterocycles. The molecule has 4 rings (SSSR count). The van der Waals surface area contributed by atoms with E-state index >= 15 is 0 Å². The van der Waals surface area contributed by atoms with Gasteiger partial charge in [0.15, 0.2) is 0 Å². The molecule has 1 amide bonds. The number of rotatable bonds is 6. The lowest BCUT2D eigenvalue weighted by atomic mass is 10.0. The van der Waals surface area contributed by atoms with Gasteiger partial charge in [-0.15, -0.1) is 0 Å². The number of carbonyl (C=O) groups excluding carboxylic acids is 1. The molecule has 1 aromatic heterocycles. The first-order valence-electron chi connectivity index (χ1n) is 9.28. The van der Waals surface area contributed by atoms with Crippen molar-refractivity contribution in [3.8, 4) is 0 Å². The second-order valence-corrected chi connectivity index (χ2v) is 6.93. The SMILES string of the molecule is O=C1CCCN1Cc1ccccc1CNc1cc(C2CCOC2)ncn1. The summed E-state index contributed by atoms with van der Waals surface area (Å²) in [5.74, 6) is 1.45. The normalized spacial score (nSPS) is 19.9. The molecular weight excluding hydrogens is 328 g/mol. The highest BCUT2D eigenvalue weighted by Gasteiger charge is 2.21. The minimum atomic E-state index is 0.256. The predicted molar refractivity (Wildman–Crippen MR) is 98.6 cm³/mol. The third-order valence-electron chi connectivity index (χ3n) is 5.15. The molecule has 1 unspecified atom stereocenters. The maximum atomic E-state index is 11.9. The standard InChI is InChI=1S/C20H24N4O2/c25-20-6-3-8-24(20)12-16-5-2-1-4-15(16)11-21-19-10-18(22-14-23-19)17-7-9-26-13-17/h1-2,4-5,10,14,17H,3,6-9,11-13H2,(H,21,22,23). The summed E-state index contributed by atoms with van der Waals surface area (Å²) in [4.78, 5) is 22.6. The number of nitrogens with zero attached hydrogens (tertiary/aromatic N) is 3. The van der Waals surface area contributed by atoms with E-state index in [4.69, 9.17) is 4.74 Å². The van der Waals surface area contributed by atoms with Crippen molar-refractivity contribution in [2.75, 3.05) is 25.1 Å². The van der Waals surface area contributed by atoms with Crippen molar-refractivity contribution in [2.45, 2.75) is 38.3 Å². The molecule has 2 aliphatic heterocycles. The van der Waals surface area contributed by atoms with Gasteiger partial charge < -0.3 is 15.0 Å². The zero-order chi connectivity index (χ0) is 17.8. The quantitative estimate of drug-likeness (QED) is 0.866. The van der Waals surface area contributed by atoms with Gasteiger partial charge in [-0.25, -0.2) is 9.97 Å². The van der Waals surface area contributed by atoms with Crippen molar-refractivity contribution in [1.29, 1.82) is 0 Å². The van der Waals surface area contributed by atoms with E-state index in [0.717, 1.165) is 44.1 Å². The molecule has 136 valence electrons. The second kappa shape index (κ2) is 7.83. The molecule has 6 heteroatoms. The van der Waals surface area contributed by atoms with Crippen LogP contribution in [0.4, 0.5) is 5.82 Å². The van der Waals surface area contributed by atoms with Crippen LogP contribution in [0, 0.1) is 0 Å². The van der Waals surface area contributed by atoms with Crippen LogP contribution in [0.25, 0.3) is 0 Å². The molecule has 2 fully saturated rings. The average Bonchev–Trinajstić information content (AvgIpc) is 3.34. The minimum Gasteiger partial charge on any atom is -0.381 e. The van der Waals surface area contributed by atoms with Gasteiger partial charge in [-0.2, -0.15) is 0 Å². The van der Waals surface area contributed by atoms with Gasteiger partial charge in [-0.3, -0.25) is 4.79 Å². The number of hydrogen-bond acceptors (Lipinski definition) is 5. The van der Waals surface area contributed by atoms with Gasteiger partial charge >= 0.3 is 0 Å². The van der Waals surface area contributed by atoms with Crippen LogP contribution in [0.5, 0.6) is 0 Å². The Kier molecular flexibility index (Phi) is 5.11. The number of hydrogen-bond donors (Lipinski definition) is 1. The molecular formula is C20H24N4O2. The van der Waals surface area contributed by atoms with Gasteiger partial charge in [0.05, 0.1) is 12.3 Å². The Morgan fingerprint density at radius 2 is 2.12 bits per heavy atom. The van der Waals surface area contributed by atoms with E-state index in [9.17, 15) is 4.79 Å². The third kappa shape index (κ3) is 3.85. The fourth-order valence-corrected chi connectivity index (χ4v) is 3.61. The maximum absolute atomic E-state index is 11.9. The van der Waals surface area contributed by atoms with Crippen LogP contribution in [0.15, 0.2) is 36.7 Å². The number of ether oxygens (including phenoxy) is 1. The zero-order valence-electron chi connectivity index (χ0n) is 14.9. The summed E-state index contributed by atoms with van der Waals surface area (Å²) in [6, 6.07) is 10.3. The highest BCUT2D eigenvalue weighted by molar-refractivity contribution is 5.78. The van der Waals surface area contributed by atoms with Crippen molar-refractivity contribution < 1.29 is 9.53 Å². The molecule has 0 aliphatic carbocycles. The van der Waals surface area contributed by atoms with Crippen molar-refractivity contribution >= 4 is 11.7 Å². The topological polar surface area (TPSA) is 67.4 Å². The first-order chi connectivity index (χ1) is 12.8. The Morgan fingerprint density at radius 3 is 2.88 bits per heavy atom. The van der Waals surface area contributed by atoms with E-state index in [-0.39, 0.29) is 5.91 Å². The molecule has 0 saturated carbocycles. The molecule has 1 aromatic carbocycles. The molecule has 1 atom stereocenters. The minimum absolute atomic E-state index is 0.256. The fourth-order valence-electron chi connectivity index (χ4n) is 3.61. The van der Waals surface area contributed by atoms with Gasteiger partial charge in [-0.05, 0) is 24.0 Å². The Balaban J connectivity index is 1.43. The number of anilines is 1.